The number of halogens is 3. The van der Waals surface area contributed by atoms with Crippen molar-refractivity contribution < 1.29 is 8.78 Å². The molecule has 0 aromatic heterocycles. The van der Waals surface area contributed by atoms with E-state index in [0.717, 1.165) is 10.0 Å². The van der Waals surface area contributed by atoms with Gasteiger partial charge in [0.25, 0.3) is 0 Å². The molecule has 1 nitrogen and oxygen atoms in total. The van der Waals surface area contributed by atoms with Crippen molar-refractivity contribution in [2.24, 2.45) is 0 Å². The number of hydrogen-bond donors (Lipinski definition) is 1. The van der Waals surface area contributed by atoms with E-state index < -0.39 is 11.6 Å². The van der Waals surface area contributed by atoms with Crippen molar-refractivity contribution in [2.45, 2.75) is 19.9 Å². The Morgan fingerprint density at radius 2 is 1.68 bits per heavy atom. The van der Waals surface area contributed by atoms with Gasteiger partial charge in [0.05, 0.1) is 5.69 Å². The Labute approximate surface area is 119 Å². The number of rotatable bonds is 3. The van der Waals surface area contributed by atoms with E-state index in [9.17, 15) is 8.78 Å². The zero-order valence-corrected chi connectivity index (χ0v) is 12.3. The van der Waals surface area contributed by atoms with Gasteiger partial charge >= 0.3 is 0 Å². The molecule has 1 N–H and O–H groups in total. The molecule has 4 heteroatoms. The van der Waals surface area contributed by atoms with E-state index in [1.54, 1.807) is 6.92 Å². The van der Waals surface area contributed by atoms with Gasteiger partial charge in [-0.1, -0.05) is 28.1 Å². The van der Waals surface area contributed by atoms with Crippen LogP contribution in [0.25, 0.3) is 0 Å². The maximum atomic E-state index is 13.7. The van der Waals surface area contributed by atoms with Crippen LogP contribution in [0.5, 0.6) is 0 Å². The van der Waals surface area contributed by atoms with Crippen LogP contribution < -0.4 is 5.32 Å². The highest BCUT2D eigenvalue weighted by Gasteiger charge is 2.11. The summed E-state index contributed by atoms with van der Waals surface area (Å²) in [6, 6.07) is 9.99. The van der Waals surface area contributed by atoms with Gasteiger partial charge in [-0.25, -0.2) is 8.78 Å². The summed E-state index contributed by atoms with van der Waals surface area (Å²) < 4.78 is 28.2. The minimum absolute atomic E-state index is 0.107. The summed E-state index contributed by atoms with van der Waals surface area (Å²) in [4.78, 5) is 0. The number of aryl methyl sites for hydroxylation is 1. The van der Waals surface area contributed by atoms with Crippen LogP contribution in [0.15, 0.2) is 40.9 Å². The van der Waals surface area contributed by atoms with Crippen molar-refractivity contribution in [3.05, 3.63) is 63.6 Å². The number of benzene rings is 2. The van der Waals surface area contributed by atoms with Gasteiger partial charge in [0, 0.05) is 16.6 Å². The molecule has 19 heavy (non-hydrogen) atoms. The van der Waals surface area contributed by atoms with Gasteiger partial charge in [0.2, 0.25) is 0 Å². The first-order valence-corrected chi connectivity index (χ1v) is 6.74. The zero-order valence-electron chi connectivity index (χ0n) is 10.7. The average molecular weight is 326 g/mol. The molecule has 0 radical (unpaired) electrons. The lowest BCUT2D eigenvalue weighted by molar-refractivity contribution is 0.593. The molecule has 0 spiro atoms. The monoisotopic (exact) mass is 325 g/mol. The summed E-state index contributed by atoms with van der Waals surface area (Å²) in [6.45, 7) is 3.45. The predicted octanol–water partition coefficient (Wildman–Crippen LogP) is 5.21. The minimum atomic E-state index is -0.442. The molecular formula is C15H14BrF2N. The molecule has 0 aliphatic rings. The quantitative estimate of drug-likeness (QED) is 0.816. The normalized spacial score (nSPS) is 12.3. The van der Waals surface area contributed by atoms with Crippen LogP contribution in [0.1, 0.15) is 24.1 Å². The second kappa shape index (κ2) is 5.70. The van der Waals surface area contributed by atoms with Crippen LogP contribution in [-0.4, -0.2) is 0 Å². The van der Waals surface area contributed by atoms with Gasteiger partial charge in [-0.15, -0.1) is 0 Å². The van der Waals surface area contributed by atoms with Crippen molar-refractivity contribution >= 4 is 21.6 Å². The van der Waals surface area contributed by atoms with Crippen LogP contribution in [-0.2, 0) is 0 Å². The highest BCUT2D eigenvalue weighted by molar-refractivity contribution is 9.10. The average Bonchev–Trinajstić information content (AvgIpc) is 2.36. The molecule has 0 saturated heterocycles. The fourth-order valence-corrected chi connectivity index (χ4v) is 2.09. The molecule has 0 saturated carbocycles. The number of anilines is 1. The molecule has 2 aromatic rings. The third-order valence-electron chi connectivity index (χ3n) is 2.99. The lowest BCUT2D eigenvalue weighted by Gasteiger charge is -2.17. The second-order valence-corrected chi connectivity index (χ2v) is 5.41. The Morgan fingerprint density at radius 3 is 2.32 bits per heavy atom. The largest absolute Gasteiger partial charge is 0.376 e. The van der Waals surface area contributed by atoms with Gasteiger partial charge in [-0.3, -0.25) is 0 Å². The van der Waals surface area contributed by atoms with Crippen molar-refractivity contribution in [3.63, 3.8) is 0 Å². The maximum Gasteiger partial charge on any atom is 0.146 e. The summed E-state index contributed by atoms with van der Waals surface area (Å²) in [6.07, 6.45) is 0. The van der Waals surface area contributed by atoms with E-state index in [1.165, 1.54) is 12.1 Å². The van der Waals surface area contributed by atoms with Crippen molar-refractivity contribution in [1.29, 1.82) is 0 Å². The van der Waals surface area contributed by atoms with E-state index in [2.05, 4.69) is 21.2 Å². The van der Waals surface area contributed by atoms with Gasteiger partial charge in [-0.2, -0.15) is 0 Å². The molecule has 0 aliphatic carbocycles. The summed E-state index contributed by atoms with van der Waals surface area (Å²) in [7, 11) is 0. The van der Waals surface area contributed by atoms with E-state index in [4.69, 9.17) is 0 Å². The van der Waals surface area contributed by atoms with E-state index >= 15 is 0 Å². The lowest BCUT2D eigenvalue weighted by Crippen LogP contribution is -2.08. The van der Waals surface area contributed by atoms with Crippen LogP contribution in [0.3, 0.4) is 0 Å². The summed E-state index contributed by atoms with van der Waals surface area (Å²) >= 11 is 3.36. The zero-order chi connectivity index (χ0) is 14.0. The number of hydrogen-bond acceptors (Lipinski definition) is 1. The third kappa shape index (κ3) is 3.32. The van der Waals surface area contributed by atoms with Gasteiger partial charge in [0.1, 0.15) is 11.6 Å². The Balaban J connectivity index is 2.21. The van der Waals surface area contributed by atoms with Crippen molar-refractivity contribution in [2.75, 3.05) is 5.32 Å². The molecule has 1 atom stereocenters. The molecule has 100 valence electrons. The molecule has 0 aliphatic heterocycles. The van der Waals surface area contributed by atoms with Gasteiger partial charge in [0.15, 0.2) is 0 Å². The molecule has 0 heterocycles. The molecule has 2 rings (SSSR count). The standard InChI is InChI=1S/C15H14BrF2N/c1-9-7-14(18)15(8-13(9)17)19-10(2)11-3-5-12(16)6-4-11/h3-8,10,19H,1-2H3. The van der Waals surface area contributed by atoms with Gasteiger partial charge < -0.3 is 5.32 Å². The summed E-state index contributed by atoms with van der Waals surface area (Å²) in [5, 5.41) is 2.98. The summed E-state index contributed by atoms with van der Waals surface area (Å²) in [5.41, 5.74) is 1.49. The van der Waals surface area contributed by atoms with E-state index in [0.29, 0.717) is 5.56 Å². The first kappa shape index (κ1) is 14.0. The fourth-order valence-electron chi connectivity index (χ4n) is 1.82. The fraction of sp³-hybridized carbons (Fsp3) is 0.200. The SMILES string of the molecule is Cc1cc(F)c(NC(C)c2ccc(Br)cc2)cc1F. The molecule has 0 bridgehead atoms. The van der Waals surface area contributed by atoms with E-state index in [-0.39, 0.29) is 11.7 Å². The van der Waals surface area contributed by atoms with Crippen LogP contribution in [0.4, 0.5) is 14.5 Å². The Hall–Kier alpha value is -1.42. The molecule has 0 amide bonds. The molecule has 1 unspecified atom stereocenters. The lowest BCUT2D eigenvalue weighted by atomic mass is 10.1. The Kier molecular flexibility index (Phi) is 4.20. The molecular weight excluding hydrogens is 312 g/mol. The smallest absolute Gasteiger partial charge is 0.146 e. The maximum absolute atomic E-state index is 13.7. The minimum Gasteiger partial charge on any atom is -0.376 e. The van der Waals surface area contributed by atoms with Crippen molar-refractivity contribution in [1.82, 2.24) is 0 Å². The van der Waals surface area contributed by atoms with Crippen LogP contribution >= 0.6 is 15.9 Å². The topological polar surface area (TPSA) is 12.0 Å². The molecule has 0 fully saturated rings. The highest BCUT2D eigenvalue weighted by Crippen LogP contribution is 2.25. The van der Waals surface area contributed by atoms with Crippen molar-refractivity contribution in [3.8, 4) is 0 Å². The van der Waals surface area contributed by atoms with Gasteiger partial charge in [-0.05, 0) is 43.2 Å². The second-order valence-electron chi connectivity index (χ2n) is 4.50. The highest BCUT2D eigenvalue weighted by atomic mass is 79.9. The predicted molar refractivity (Wildman–Crippen MR) is 77.3 cm³/mol. The molecule has 2 aromatic carbocycles. The Bertz CT molecular complexity index is 581. The summed E-state index contributed by atoms with van der Waals surface area (Å²) in [5.74, 6) is -0.852. The van der Waals surface area contributed by atoms with E-state index in [1.807, 2.05) is 31.2 Å². The Morgan fingerprint density at radius 1 is 1.05 bits per heavy atom. The third-order valence-corrected chi connectivity index (χ3v) is 3.52. The number of nitrogens with one attached hydrogen (secondary N) is 1. The van der Waals surface area contributed by atoms with Crippen LogP contribution in [0.2, 0.25) is 0 Å². The van der Waals surface area contributed by atoms with Crippen LogP contribution in [0, 0.1) is 18.6 Å². The first-order valence-electron chi connectivity index (χ1n) is 5.95. The first-order chi connectivity index (χ1) is 8.97.